The minimum Gasteiger partial charge on any atom is -0.376 e. The van der Waals surface area contributed by atoms with Gasteiger partial charge in [0, 0.05) is 0 Å². The van der Waals surface area contributed by atoms with Crippen LogP contribution in [0, 0.1) is 6.92 Å². The van der Waals surface area contributed by atoms with Crippen molar-refractivity contribution < 1.29 is 5.11 Å². The van der Waals surface area contributed by atoms with Gasteiger partial charge in [-0.3, -0.25) is 4.57 Å². The lowest BCUT2D eigenvalue weighted by Crippen LogP contribution is -1.96. The molecule has 2 aromatic rings. The lowest BCUT2D eigenvalue weighted by Gasteiger charge is -1.96. The number of fused-ring (bicyclic) bond motifs is 1. The van der Waals surface area contributed by atoms with Crippen molar-refractivity contribution in [1.29, 1.82) is 0 Å². The summed E-state index contributed by atoms with van der Waals surface area (Å²) in [5.74, 6) is 0. The van der Waals surface area contributed by atoms with Crippen molar-refractivity contribution in [3.8, 4) is 0 Å². The van der Waals surface area contributed by atoms with Crippen LogP contribution in [0.5, 0.6) is 0 Å². The van der Waals surface area contributed by atoms with E-state index in [2.05, 4.69) is 15.0 Å². The molecule has 0 aliphatic carbocycles. The molecule has 62 valence electrons. The van der Waals surface area contributed by atoms with Crippen LogP contribution in [0.4, 0.5) is 0 Å². The second-order valence-electron chi connectivity index (χ2n) is 2.49. The fourth-order valence-electron chi connectivity index (χ4n) is 1.10. The second-order valence-corrected chi connectivity index (χ2v) is 2.49. The van der Waals surface area contributed by atoms with Gasteiger partial charge in [-0.05, 0) is 6.92 Å². The number of nitrogens with zero attached hydrogens (tertiary/aromatic N) is 4. The molecule has 0 amide bonds. The molecule has 2 heterocycles. The predicted octanol–water partition coefficient (Wildman–Crippen LogP) is 0.0845. The third-order valence-corrected chi connectivity index (χ3v) is 1.74. The molecule has 2 aromatic heterocycles. The molecule has 0 fully saturated rings. The molecule has 12 heavy (non-hydrogen) atoms. The zero-order valence-corrected chi connectivity index (χ0v) is 6.60. The molecule has 1 N–H and O–H groups in total. The first kappa shape index (κ1) is 7.17. The van der Waals surface area contributed by atoms with E-state index in [1.54, 1.807) is 10.9 Å². The van der Waals surface area contributed by atoms with Crippen molar-refractivity contribution in [2.45, 2.75) is 13.7 Å². The summed E-state index contributed by atoms with van der Waals surface area (Å²) >= 11 is 0. The van der Waals surface area contributed by atoms with Crippen molar-refractivity contribution >= 4 is 11.2 Å². The summed E-state index contributed by atoms with van der Waals surface area (Å²) in [5.41, 5.74) is 2.24. The number of rotatable bonds is 1. The van der Waals surface area contributed by atoms with Gasteiger partial charge in [-0.1, -0.05) is 0 Å². The normalized spacial score (nSPS) is 10.8. The standard InChI is InChI=1S/C7H8N4O/c1-5-6-7(9-2-8-5)11(4-12)3-10-6/h2-3,12H,4H2,1H3. The fraction of sp³-hybridized carbons (Fsp3) is 0.286. The van der Waals surface area contributed by atoms with Crippen LogP contribution in [-0.4, -0.2) is 24.6 Å². The number of hydrogen-bond acceptors (Lipinski definition) is 4. The summed E-state index contributed by atoms with van der Waals surface area (Å²) in [6.07, 6.45) is 3.01. The largest absolute Gasteiger partial charge is 0.376 e. The molecule has 2 rings (SSSR count). The Labute approximate surface area is 68.7 Å². The number of aryl methyl sites for hydroxylation is 1. The Bertz CT molecular complexity index is 409. The van der Waals surface area contributed by atoms with Crippen molar-refractivity contribution in [2.24, 2.45) is 0 Å². The van der Waals surface area contributed by atoms with Gasteiger partial charge in [-0.2, -0.15) is 0 Å². The van der Waals surface area contributed by atoms with Gasteiger partial charge in [-0.15, -0.1) is 0 Å². The molecule has 0 aromatic carbocycles. The zero-order chi connectivity index (χ0) is 8.55. The Kier molecular flexibility index (Phi) is 1.51. The van der Waals surface area contributed by atoms with Gasteiger partial charge in [0.1, 0.15) is 18.6 Å². The highest BCUT2D eigenvalue weighted by Gasteiger charge is 2.04. The lowest BCUT2D eigenvalue weighted by atomic mass is 10.4. The van der Waals surface area contributed by atoms with Crippen LogP contribution in [0.3, 0.4) is 0 Å². The molecule has 0 unspecified atom stereocenters. The summed E-state index contributed by atoms with van der Waals surface area (Å²) in [4.78, 5) is 12.1. The van der Waals surface area contributed by atoms with E-state index in [0.717, 1.165) is 11.2 Å². The van der Waals surface area contributed by atoms with Gasteiger partial charge in [0.2, 0.25) is 0 Å². The van der Waals surface area contributed by atoms with Crippen LogP contribution in [-0.2, 0) is 6.73 Å². The molecule has 0 atom stereocenters. The fourth-order valence-corrected chi connectivity index (χ4v) is 1.10. The number of aliphatic hydroxyl groups is 1. The monoisotopic (exact) mass is 164 g/mol. The summed E-state index contributed by atoms with van der Waals surface area (Å²) in [6, 6.07) is 0. The average Bonchev–Trinajstić information content (AvgIpc) is 2.49. The van der Waals surface area contributed by atoms with Crippen LogP contribution in [0.15, 0.2) is 12.7 Å². The van der Waals surface area contributed by atoms with Crippen LogP contribution in [0.1, 0.15) is 5.69 Å². The topological polar surface area (TPSA) is 63.8 Å². The second kappa shape index (κ2) is 2.53. The van der Waals surface area contributed by atoms with E-state index in [9.17, 15) is 0 Å². The predicted molar refractivity (Wildman–Crippen MR) is 42.3 cm³/mol. The quantitative estimate of drug-likeness (QED) is 0.648. The van der Waals surface area contributed by atoms with Crippen molar-refractivity contribution in [3.63, 3.8) is 0 Å². The van der Waals surface area contributed by atoms with Crippen LogP contribution in [0.25, 0.3) is 11.2 Å². The molecular formula is C7H8N4O. The van der Waals surface area contributed by atoms with Crippen LogP contribution in [0.2, 0.25) is 0 Å². The van der Waals surface area contributed by atoms with E-state index in [1.165, 1.54) is 6.33 Å². The maximum atomic E-state index is 8.88. The number of imidazole rings is 1. The van der Waals surface area contributed by atoms with Gasteiger partial charge in [0.05, 0.1) is 12.0 Å². The molecule has 0 aliphatic rings. The molecule has 0 radical (unpaired) electrons. The average molecular weight is 164 g/mol. The minimum atomic E-state index is -0.104. The summed E-state index contributed by atoms with van der Waals surface area (Å²) in [6.45, 7) is 1.76. The number of aliphatic hydroxyl groups excluding tert-OH is 1. The highest BCUT2D eigenvalue weighted by atomic mass is 16.3. The third-order valence-electron chi connectivity index (χ3n) is 1.74. The first-order chi connectivity index (χ1) is 5.83. The molecule has 0 spiro atoms. The lowest BCUT2D eigenvalue weighted by molar-refractivity contribution is 0.214. The first-order valence-corrected chi connectivity index (χ1v) is 3.56. The van der Waals surface area contributed by atoms with Crippen LogP contribution < -0.4 is 0 Å². The van der Waals surface area contributed by atoms with Crippen molar-refractivity contribution in [2.75, 3.05) is 0 Å². The van der Waals surface area contributed by atoms with Crippen LogP contribution >= 0.6 is 0 Å². The maximum Gasteiger partial charge on any atom is 0.165 e. The van der Waals surface area contributed by atoms with E-state index in [-0.39, 0.29) is 6.73 Å². The Hall–Kier alpha value is -1.49. The van der Waals surface area contributed by atoms with E-state index in [1.807, 2.05) is 6.92 Å². The Morgan fingerprint density at radius 2 is 2.25 bits per heavy atom. The van der Waals surface area contributed by atoms with E-state index in [0.29, 0.717) is 5.65 Å². The van der Waals surface area contributed by atoms with Crippen molar-refractivity contribution in [3.05, 3.63) is 18.3 Å². The van der Waals surface area contributed by atoms with Gasteiger partial charge < -0.3 is 5.11 Å². The molecule has 0 bridgehead atoms. The van der Waals surface area contributed by atoms with Gasteiger partial charge in [0.15, 0.2) is 5.65 Å². The molecular weight excluding hydrogens is 156 g/mol. The molecule has 5 heteroatoms. The maximum absolute atomic E-state index is 8.88. The Morgan fingerprint density at radius 1 is 1.42 bits per heavy atom. The summed E-state index contributed by atoms with van der Waals surface area (Å²) < 4.78 is 1.56. The number of aromatic nitrogens is 4. The molecule has 0 saturated carbocycles. The van der Waals surface area contributed by atoms with E-state index in [4.69, 9.17) is 5.11 Å². The Morgan fingerprint density at radius 3 is 3.00 bits per heavy atom. The van der Waals surface area contributed by atoms with Gasteiger partial charge in [0.25, 0.3) is 0 Å². The molecule has 5 nitrogen and oxygen atoms in total. The SMILES string of the molecule is Cc1ncnc2c1ncn2CO. The highest BCUT2D eigenvalue weighted by Crippen LogP contribution is 2.10. The molecule has 0 aliphatic heterocycles. The van der Waals surface area contributed by atoms with E-state index >= 15 is 0 Å². The van der Waals surface area contributed by atoms with Crippen molar-refractivity contribution in [1.82, 2.24) is 19.5 Å². The van der Waals surface area contributed by atoms with E-state index < -0.39 is 0 Å². The third kappa shape index (κ3) is 0.868. The highest BCUT2D eigenvalue weighted by molar-refractivity contribution is 5.72. The summed E-state index contributed by atoms with van der Waals surface area (Å²) in [5, 5.41) is 8.88. The first-order valence-electron chi connectivity index (χ1n) is 3.56. The van der Waals surface area contributed by atoms with Gasteiger partial charge in [-0.25, -0.2) is 15.0 Å². The Balaban J connectivity index is 2.80. The van der Waals surface area contributed by atoms with Gasteiger partial charge >= 0.3 is 0 Å². The zero-order valence-electron chi connectivity index (χ0n) is 6.60. The minimum absolute atomic E-state index is 0.104. The summed E-state index contributed by atoms with van der Waals surface area (Å²) in [7, 11) is 0. The molecule has 0 saturated heterocycles. The smallest absolute Gasteiger partial charge is 0.165 e. The number of hydrogen-bond donors (Lipinski definition) is 1.